The summed E-state index contributed by atoms with van der Waals surface area (Å²) in [4.78, 5) is 41.0. The molecule has 3 aromatic rings. The van der Waals surface area contributed by atoms with Crippen molar-refractivity contribution in [3.8, 4) is 16.9 Å². The number of nitrogens with two attached hydrogens (primary N) is 1. The summed E-state index contributed by atoms with van der Waals surface area (Å²) in [5.74, 6) is -7.27. The zero-order valence-electron chi connectivity index (χ0n) is 25.8. The fourth-order valence-electron chi connectivity index (χ4n) is 7.38. The number of hydrogen-bond donors (Lipinski definition) is 7. The molecule has 1 saturated carbocycles. The van der Waals surface area contributed by atoms with Gasteiger partial charge in [0.15, 0.2) is 11.4 Å². The number of phenols is 1. The van der Waals surface area contributed by atoms with Crippen molar-refractivity contribution < 1.29 is 43.2 Å². The van der Waals surface area contributed by atoms with Gasteiger partial charge >= 0.3 is 0 Å². The third-order valence-electron chi connectivity index (χ3n) is 9.38. The molecule has 2 aromatic carbocycles. The second-order valence-corrected chi connectivity index (χ2v) is 14.0. The van der Waals surface area contributed by atoms with E-state index in [9.17, 15) is 43.2 Å². The van der Waals surface area contributed by atoms with Gasteiger partial charge in [0, 0.05) is 17.2 Å². The van der Waals surface area contributed by atoms with Crippen LogP contribution in [-0.2, 0) is 30.8 Å². The van der Waals surface area contributed by atoms with E-state index in [-0.39, 0.29) is 40.3 Å². The fraction of sp³-hybridized carbons (Fsp3) is 0.312. The van der Waals surface area contributed by atoms with Crippen molar-refractivity contribution in [3.63, 3.8) is 0 Å². The molecule has 1 aromatic heterocycles. The maximum atomic E-state index is 14.0. The van der Waals surface area contributed by atoms with Crippen LogP contribution in [0.2, 0.25) is 0 Å². The minimum Gasteiger partial charge on any atom is -0.508 e. The number of fused-ring (bicyclic) bond motifs is 3. The quantitative estimate of drug-likeness (QED) is 0.188. The molecule has 1 amide bonds. The zero-order valence-corrected chi connectivity index (χ0v) is 26.6. The summed E-state index contributed by atoms with van der Waals surface area (Å²) < 4.78 is 28.6. The average Bonchev–Trinajstić information content (AvgIpc) is 3.33. The summed E-state index contributed by atoms with van der Waals surface area (Å²) in [5.41, 5.74) is 4.14. The predicted octanol–water partition coefficient (Wildman–Crippen LogP) is 1.77. The van der Waals surface area contributed by atoms with Crippen LogP contribution in [0, 0.1) is 25.7 Å². The van der Waals surface area contributed by atoms with E-state index < -0.39 is 68.1 Å². The minimum atomic E-state index is -3.94. The highest BCUT2D eigenvalue weighted by atomic mass is 32.2. The average molecular weight is 664 g/mol. The number of aliphatic hydroxyl groups excluding tert-OH is 2. The number of hydrogen-bond acceptors (Lipinski definition) is 11. The Morgan fingerprint density at radius 3 is 2.32 bits per heavy atom. The molecule has 3 aliphatic carbocycles. The number of likely N-dealkylation sites (N-methyl/N-ethyl adjacent to an activating group) is 1. The minimum absolute atomic E-state index is 0.0468. The molecular formula is C32H33N5O9S. The number of amides is 1. The van der Waals surface area contributed by atoms with E-state index in [4.69, 9.17) is 5.73 Å². The highest BCUT2D eigenvalue weighted by Gasteiger charge is 2.64. The van der Waals surface area contributed by atoms with E-state index in [1.54, 1.807) is 44.2 Å². The van der Waals surface area contributed by atoms with Crippen molar-refractivity contribution >= 4 is 38.9 Å². The van der Waals surface area contributed by atoms with Crippen molar-refractivity contribution in [1.82, 2.24) is 15.1 Å². The number of aliphatic hydroxyl groups is 3. The molecule has 1 heterocycles. The standard InChI is InChI=1S/C32H33N5O9S/c1-13-28(14(2)35-34-13)47(45,46)36-17-7-5-15(6-8-17)18-9-10-21(38)23-19(18)11-16-12-20-25(37(3)4)27(40)24(31(33)43)30(42)32(20,44)29(41)22(16)26(23)39/h5-10,16,20,25,36,38-39,42,44H,11-12H2,1-4H3,(H2,33,43)(H,34,35). The number of benzene rings is 2. The maximum Gasteiger partial charge on any atom is 0.265 e. The molecule has 0 spiro atoms. The van der Waals surface area contributed by atoms with Crippen molar-refractivity contribution in [2.75, 3.05) is 18.8 Å². The molecule has 4 unspecified atom stereocenters. The van der Waals surface area contributed by atoms with E-state index in [2.05, 4.69) is 14.9 Å². The summed E-state index contributed by atoms with van der Waals surface area (Å²) in [6.45, 7) is 3.18. The second kappa shape index (κ2) is 10.8. The predicted molar refractivity (Wildman–Crippen MR) is 169 cm³/mol. The van der Waals surface area contributed by atoms with Gasteiger partial charge in [-0.1, -0.05) is 18.2 Å². The fourth-order valence-corrected chi connectivity index (χ4v) is 8.81. The first-order chi connectivity index (χ1) is 22.0. The van der Waals surface area contributed by atoms with Crippen LogP contribution in [0.5, 0.6) is 5.75 Å². The van der Waals surface area contributed by atoms with Crippen molar-refractivity contribution in [2.24, 2.45) is 17.6 Å². The third-order valence-corrected chi connectivity index (χ3v) is 11.0. The van der Waals surface area contributed by atoms with Gasteiger partial charge in [-0.3, -0.25) is 29.1 Å². The number of aromatic nitrogens is 2. The Kier molecular flexibility index (Phi) is 7.34. The number of carbonyl (C=O) groups excluding carboxylic acids is 3. The van der Waals surface area contributed by atoms with Gasteiger partial charge in [0.1, 0.15) is 27.7 Å². The van der Waals surface area contributed by atoms with Gasteiger partial charge in [-0.15, -0.1) is 0 Å². The molecule has 47 heavy (non-hydrogen) atoms. The lowest BCUT2D eigenvalue weighted by Gasteiger charge is -2.50. The van der Waals surface area contributed by atoms with Crippen LogP contribution in [-0.4, -0.2) is 87.2 Å². The number of H-pyrrole nitrogens is 1. The largest absolute Gasteiger partial charge is 0.508 e. The molecule has 0 saturated heterocycles. The highest BCUT2D eigenvalue weighted by molar-refractivity contribution is 7.92. The first-order valence-corrected chi connectivity index (χ1v) is 16.1. The Hall–Kier alpha value is -4.99. The smallest absolute Gasteiger partial charge is 0.265 e. The van der Waals surface area contributed by atoms with E-state index in [0.29, 0.717) is 28.1 Å². The summed E-state index contributed by atoms with van der Waals surface area (Å²) in [6.07, 6.45) is 0.0557. The molecule has 1 fully saturated rings. The van der Waals surface area contributed by atoms with Gasteiger partial charge in [0.05, 0.1) is 23.0 Å². The molecule has 8 N–H and O–H groups in total. The summed E-state index contributed by atoms with van der Waals surface area (Å²) in [6, 6.07) is 8.22. The number of phenolic OH excluding ortho intramolecular Hbond substituents is 1. The lowest BCUT2D eigenvalue weighted by atomic mass is 9.57. The molecule has 4 atom stereocenters. The normalized spacial score (nSPS) is 24.3. The van der Waals surface area contributed by atoms with Crippen molar-refractivity contribution in [1.29, 1.82) is 0 Å². The number of nitrogens with one attached hydrogen (secondary N) is 2. The van der Waals surface area contributed by atoms with Crippen LogP contribution in [0.4, 0.5) is 5.69 Å². The number of anilines is 1. The first-order valence-electron chi connectivity index (χ1n) is 14.6. The molecule has 6 rings (SSSR count). The maximum absolute atomic E-state index is 14.0. The van der Waals surface area contributed by atoms with Gasteiger partial charge in [-0.05, 0) is 81.6 Å². The molecule has 15 heteroatoms. The number of primary amides is 1. The highest BCUT2D eigenvalue weighted by Crippen LogP contribution is 2.53. The van der Waals surface area contributed by atoms with Crippen LogP contribution in [0.25, 0.3) is 16.9 Å². The first kappa shape index (κ1) is 32.0. The lowest BCUT2D eigenvalue weighted by molar-refractivity contribution is -0.153. The zero-order chi connectivity index (χ0) is 34.3. The number of carbonyl (C=O) groups is 3. The Morgan fingerprint density at radius 2 is 1.74 bits per heavy atom. The van der Waals surface area contributed by atoms with Crippen LogP contribution in [0.1, 0.15) is 28.9 Å². The summed E-state index contributed by atoms with van der Waals surface area (Å²) >= 11 is 0. The number of Topliss-reactive ketones (excluding diaryl/α,β-unsaturated/α-hetero) is 2. The van der Waals surface area contributed by atoms with Crippen LogP contribution < -0.4 is 10.5 Å². The third kappa shape index (κ3) is 4.64. The van der Waals surface area contributed by atoms with Crippen LogP contribution in [0.15, 0.2) is 58.2 Å². The van der Waals surface area contributed by atoms with Gasteiger partial charge < -0.3 is 26.2 Å². The van der Waals surface area contributed by atoms with Crippen molar-refractivity contribution in [2.45, 2.75) is 43.2 Å². The Labute approximate surface area is 269 Å². The monoisotopic (exact) mass is 663 g/mol. The number of aromatic amines is 1. The van der Waals surface area contributed by atoms with Gasteiger partial charge in [0.25, 0.3) is 15.9 Å². The van der Waals surface area contributed by atoms with Gasteiger partial charge in [-0.2, -0.15) is 5.10 Å². The number of nitrogens with zero attached hydrogens (tertiary/aromatic N) is 2. The number of aromatic hydroxyl groups is 1. The van der Waals surface area contributed by atoms with Crippen LogP contribution >= 0.6 is 0 Å². The van der Waals surface area contributed by atoms with Crippen LogP contribution in [0.3, 0.4) is 0 Å². The summed E-state index contributed by atoms with van der Waals surface area (Å²) in [7, 11) is -0.874. The number of aryl methyl sites for hydroxylation is 2. The summed E-state index contributed by atoms with van der Waals surface area (Å²) in [5, 5.41) is 51.8. The van der Waals surface area contributed by atoms with E-state index in [1.165, 1.54) is 25.1 Å². The van der Waals surface area contributed by atoms with Crippen molar-refractivity contribution in [3.05, 3.63) is 75.8 Å². The molecule has 0 bridgehead atoms. The van der Waals surface area contributed by atoms with E-state index in [1.807, 2.05) is 0 Å². The molecule has 246 valence electrons. The number of rotatable bonds is 6. The second-order valence-electron chi connectivity index (χ2n) is 12.4. The van der Waals surface area contributed by atoms with Gasteiger partial charge in [0.2, 0.25) is 5.78 Å². The SMILES string of the molecule is Cc1n[nH]c(C)c1S(=O)(=O)Nc1ccc(-c2ccc(O)c3c2CC2CC4C(N(C)C)C(=O)C(C(N)=O)=C(O)C4(O)C(=O)C2=C3O)cc1. The molecular weight excluding hydrogens is 630 g/mol. The van der Waals surface area contributed by atoms with E-state index >= 15 is 0 Å². The number of ketones is 2. The molecule has 3 aliphatic rings. The lowest BCUT2D eigenvalue weighted by Crippen LogP contribution is -2.65. The molecule has 0 aliphatic heterocycles. The van der Waals surface area contributed by atoms with Gasteiger partial charge in [-0.25, -0.2) is 8.42 Å². The number of sulfonamides is 1. The topological polar surface area (TPSA) is 236 Å². The molecule has 14 nitrogen and oxygen atoms in total. The van der Waals surface area contributed by atoms with E-state index in [0.717, 1.165) is 0 Å². The Bertz CT molecular complexity index is 2040. The Balaban J connectivity index is 1.42. The Morgan fingerprint density at radius 1 is 1.09 bits per heavy atom. The molecule has 0 radical (unpaired) electrons.